The summed E-state index contributed by atoms with van der Waals surface area (Å²) in [5.74, 6) is -0.758. The fourth-order valence-corrected chi connectivity index (χ4v) is 2.65. The number of para-hydroxylation sites is 1. The second kappa shape index (κ2) is 8.24. The van der Waals surface area contributed by atoms with E-state index in [2.05, 4.69) is 9.97 Å². The Hall–Kier alpha value is -2.95. The normalized spacial score (nSPS) is 10.7. The molecule has 0 radical (unpaired) electrons. The van der Waals surface area contributed by atoms with E-state index in [1.54, 1.807) is 0 Å². The van der Waals surface area contributed by atoms with E-state index in [1.807, 2.05) is 54.6 Å². The second-order valence-corrected chi connectivity index (χ2v) is 5.79. The van der Waals surface area contributed by atoms with Gasteiger partial charge in [0.05, 0.1) is 17.8 Å². The van der Waals surface area contributed by atoms with Crippen LogP contribution in [-0.4, -0.2) is 27.7 Å². The van der Waals surface area contributed by atoms with E-state index in [-0.39, 0.29) is 6.42 Å². The minimum absolute atomic E-state index is 0.199. The molecule has 5 heteroatoms. The maximum atomic E-state index is 10.5. The quantitative estimate of drug-likeness (QED) is 0.620. The van der Waals surface area contributed by atoms with Gasteiger partial charge in [0, 0.05) is 17.4 Å². The lowest BCUT2D eigenvalue weighted by Crippen LogP contribution is -2.03. The molecule has 0 saturated heterocycles. The molecule has 3 rings (SSSR count). The van der Waals surface area contributed by atoms with E-state index in [4.69, 9.17) is 9.84 Å². The van der Waals surface area contributed by atoms with Gasteiger partial charge in [-0.15, -0.1) is 0 Å². The molecule has 0 bridgehead atoms. The predicted octanol–water partition coefficient (Wildman–Crippen LogP) is 4.32. The van der Waals surface area contributed by atoms with Crippen LogP contribution in [0.5, 0.6) is 6.01 Å². The third kappa shape index (κ3) is 4.53. The van der Waals surface area contributed by atoms with Gasteiger partial charge in [0.2, 0.25) is 0 Å². The number of benzene rings is 2. The molecule has 25 heavy (non-hydrogen) atoms. The van der Waals surface area contributed by atoms with Gasteiger partial charge in [-0.25, -0.2) is 0 Å². The smallest absolute Gasteiger partial charge is 0.317 e. The van der Waals surface area contributed by atoms with Crippen LogP contribution in [0.4, 0.5) is 0 Å². The highest BCUT2D eigenvalue weighted by Crippen LogP contribution is 2.27. The fourth-order valence-electron chi connectivity index (χ4n) is 2.65. The summed E-state index contributed by atoms with van der Waals surface area (Å²) < 4.78 is 5.71. The van der Waals surface area contributed by atoms with Gasteiger partial charge in [0.15, 0.2) is 0 Å². The van der Waals surface area contributed by atoms with E-state index in [0.717, 1.165) is 35.0 Å². The summed E-state index contributed by atoms with van der Waals surface area (Å²) in [6.45, 7) is 0.478. The molecule has 2 aromatic carbocycles. The van der Waals surface area contributed by atoms with Crippen LogP contribution in [0.25, 0.3) is 22.2 Å². The van der Waals surface area contributed by atoms with Crippen LogP contribution < -0.4 is 4.74 Å². The Balaban J connectivity index is 1.74. The van der Waals surface area contributed by atoms with Gasteiger partial charge in [0.1, 0.15) is 0 Å². The summed E-state index contributed by atoms with van der Waals surface area (Å²) in [7, 11) is 0. The summed E-state index contributed by atoms with van der Waals surface area (Å²) in [6.07, 6.45) is 2.45. The molecule has 0 aliphatic heterocycles. The number of rotatable bonds is 8. The summed E-state index contributed by atoms with van der Waals surface area (Å²) in [5.41, 5.74) is 2.72. The number of hydrogen-bond acceptors (Lipinski definition) is 4. The highest BCUT2D eigenvalue weighted by atomic mass is 16.5. The average Bonchev–Trinajstić information content (AvgIpc) is 2.64. The number of carboxylic acids is 1. The van der Waals surface area contributed by atoms with Gasteiger partial charge in [-0.3, -0.25) is 4.79 Å². The van der Waals surface area contributed by atoms with Crippen molar-refractivity contribution in [2.24, 2.45) is 0 Å². The van der Waals surface area contributed by atoms with Crippen molar-refractivity contribution in [3.8, 4) is 17.3 Å². The molecule has 5 nitrogen and oxygen atoms in total. The van der Waals surface area contributed by atoms with Crippen molar-refractivity contribution < 1.29 is 14.6 Å². The maximum Gasteiger partial charge on any atom is 0.317 e. The summed E-state index contributed by atoms with van der Waals surface area (Å²) in [5, 5.41) is 9.62. The van der Waals surface area contributed by atoms with Crippen molar-refractivity contribution in [1.82, 2.24) is 9.97 Å². The molecule has 0 amide bonds. The minimum atomic E-state index is -0.758. The highest BCUT2D eigenvalue weighted by molar-refractivity contribution is 5.92. The Morgan fingerprint density at radius 1 is 0.920 bits per heavy atom. The molecule has 3 aromatic rings. The molecule has 0 aliphatic rings. The van der Waals surface area contributed by atoms with Crippen LogP contribution in [0.2, 0.25) is 0 Å². The molecule has 1 heterocycles. The van der Waals surface area contributed by atoms with Crippen LogP contribution in [-0.2, 0) is 4.79 Å². The highest BCUT2D eigenvalue weighted by Gasteiger charge is 2.10. The van der Waals surface area contributed by atoms with E-state index in [1.165, 1.54) is 0 Å². The number of carbonyl (C=O) groups is 1. The van der Waals surface area contributed by atoms with Gasteiger partial charge in [0.25, 0.3) is 0 Å². The number of aromatic nitrogens is 2. The monoisotopic (exact) mass is 336 g/mol. The lowest BCUT2D eigenvalue weighted by atomic mass is 10.1. The molecule has 1 aromatic heterocycles. The molecule has 0 spiro atoms. The van der Waals surface area contributed by atoms with Gasteiger partial charge in [-0.05, 0) is 25.3 Å². The molecule has 1 N–H and O–H groups in total. The molecule has 0 fully saturated rings. The van der Waals surface area contributed by atoms with Gasteiger partial charge in [-0.1, -0.05) is 48.5 Å². The summed E-state index contributed by atoms with van der Waals surface area (Å²) in [6, 6.07) is 18.2. The van der Waals surface area contributed by atoms with E-state index in [0.29, 0.717) is 19.0 Å². The van der Waals surface area contributed by atoms with Crippen molar-refractivity contribution in [3.63, 3.8) is 0 Å². The van der Waals surface area contributed by atoms with E-state index in [9.17, 15) is 4.79 Å². The zero-order chi connectivity index (χ0) is 17.5. The predicted molar refractivity (Wildman–Crippen MR) is 96.6 cm³/mol. The zero-order valence-corrected chi connectivity index (χ0v) is 13.9. The number of hydrogen-bond donors (Lipinski definition) is 1. The van der Waals surface area contributed by atoms with Crippen LogP contribution in [0.1, 0.15) is 25.7 Å². The molecular formula is C20H20N2O3. The molecule has 0 atom stereocenters. The molecular weight excluding hydrogens is 316 g/mol. The zero-order valence-electron chi connectivity index (χ0n) is 13.9. The van der Waals surface area contributed by atoms with Gasteiger partial charge < -0.3 is 9.84 Å². The largest absolute Gasteiger partial charge is 0.481 e. The van der Waals surface area contributed by atoms with Crippen molar-refractivity contribution >= 4 is 16.9 Å². The van der Waals surface area contributed by atoms with Crippen molar-refractivity contribution in [1.29, 1.82) is 0 Å². The summed E-state index contributed by atoms with van der Waals surface area (Å²) >= 11 is 0. The van der Waals surface area contributed by atoms with Crippen LogP contribution in [0, 0.1) is 0 Å². The number of ether oxygens (including phenoxy) is 1. The standard InChI is InChI=1S/C20H20N2O3/c23-18(24)13-5-2-8-14-25-20-21-17-12-7-6-11-16(17)19(22-20)15-9-3-1-4-10-15/h1,3-4,6-7,9-12H,2,5,8,13-14H2,(H,23,24). The Morgan fingerprint density at radius 3 is 2.48 bits per heavy atom. The van der Waals surface area contributed by atoms with Crippen molar-refractivity contribution in [2.75, 3.05) is 6.61 Å². The van der Waals surface area contributed by atoms with Crippen LogP contribution in [0.3, 0.4) is 0 Å². The minimum Gasteiger partial charge on any atom is -0.481 e. The Labute approximate surface area is 146 Å². The Bertz CT molecular complexity index is 850. The molecule has 0 saturated carbocycles. The van der Waals surface area contributed by atoms with Crippen molar-refractivity contribution in [3.05, 3.63) is 54.6 Å². The molecule has 0 aliphatic carbocycles. The Kier molecular flexibility index (Phi) is 5.57. The first-order chi connectivity index (χ1) is 12.2. The number of nitrogens with zero attached hydrogens (tertiary/aromatic N) is 2. The van der Waals surface area contributed by atoms with Crippen LogP contribution >= 0.6 is 0 Å². The summed E-state index contributed by atoms with van der Waals surface area (Å²) in [4.78, 5) is 19.6. The SMILES string of the molecule is O=C(O)CCCCCOc1nc(-c2ccccc2)c2ccccc2n1. The number of carboxylic acid groups (broad SMARTS) is 1. The first kappa shape index (κ1) is 16.9. The Morgan fingerprint density at radius 2 is 1.68 bits per heavy atom. The molecule has 0 unspecified atom stereocenters. The first-order valence-corrected chi connectivity index (χ1v) is 8.41. The van der Waals surface area contributed by atoms with Crippen LogP contribution in [0.15, 0.2) is 54.6 Å². The maximum absolute atomic E-state index is 10.5. The molecule has 128 valence electrons. The van der Waals surface area contributed by atoms with Gasteiger partial charge in [-0.2, -0.15) is 9.97 Å². The number of unbranched alkanes of at least 4 members (excludes halogenated alkanes) is 2. The third-order valence-electron chi connectivity index (χ3n) is 3.90. The fraction of sp³-hybridized carbons (Fsp3) is 0.250. The average molecular weight is 336 g/mol. The topological polar surface area (TPSA) is 72.3 Å². The van der Waals surface area contributed by atoms with Crippen molar-refractivity contribution in [2.45, 2.75) is 25.7 Å². The van der Waals surface area contributed by atoms with E-state index < -0.39 is 5.97 Å². The number of aliphatic carboxylic acids is 1. The number of fused-ring (bicyclic) bond motifs is 1. The lowest BCUT2D eigenvalue weighted by molar-refractivity contribution is -0.137. The lowest BCUT2D eigenvalue weighted by Gasteiger charge is -2.09. The first-order valence-electron chi connectivity index (χ1n) is 8.41. The second-order valence-electron chi connectivity index (χ2n) is 5.79. The van der Waals surface area contributed by atoms with Gasteiger partial charge >= 0.3 is 12.0 Å². The van der Waals surface area contributed by atoms with E-state index >= 15 is 0 Å². The third-order valence-corrected chi connectivity index (χ3v) is 3.90.